The number of hydrogen-bond donors (Lipinski definition) is 1. The van der Waals surface area contributed by atoms with Crippen LogP contribution in [0.5, 0.6) is 0 Å². The summed E-state index contributed by atoms with van der Waals surface area (Å²) in [5, 5.41) is 6.17. The van der Waals surface area contributed by atoms with E-state index in [1.807, 2.05) is 146 Å². The maximum Gasteiger partial charge on any atom is 0.252 e. The van der Waals surface area contributed by atoms with Crippen LogP contribution in [0.3, 0.4) is 0 Å². The third-order valence-electron chi connectivity index (χ3n) is 7.78. The van der Waals surface area contributed by atoms with Crippen LogP contribution in [-0.2, 0) is 10.8 Å². The van der Waals surface area contributed by atoms with Gasteiger partial charge in [0.05, 0.1) is 22.1 Å². The molecule has 0 aliphatic carbocycles. The zero-order valence-corrected chi connectivity index (χ0v) is 26.7. The summed E-state index contributed by atoms with van der Waals surface area (Å²) < 4.78 is 14.5. The van der Waals surface area contributed by atoms with Crippen LogP contribution in [0.15, 0.2) is 175 Å². The third kappa shape index (κ3) is 7.04. The lowest BCUT2D eigenvalue weighted by Crippen LogP contribution is -2.37. The molecule has 6 aromatic carbocycles. The highest BCUT2D eigenvalue weighted by molar-refractivity contribution is 7.85. The van der Waals surface area contributed by atoms with Gasteiger partial charge in [0.15, 0.2) is 0 Å². The van der Waals surface area contributed by atoms with E-state index in [9.17, 15) is 9.00 Å². The Kier molecular flexibility index (Phi) is 9.75. The molecule has 0 aliphatic rings. The number of carbonyl (C=O) groups is 1. The predicted molar refractivity (Wildman–Crippen MR) is 189 cm³/mol. The molecule has 0 bridgehead atoms. The molecule has 6 aromatic rings. The van der Waals surface area contributed by atoms with Crippen LogP contribution in [0.4, 0.5) is 0 Å². The van der Waals surface area contributed by atoms with Gasteiger partial charge in [0, 0.05) is 10.5 Å². The Hall–Kier alpha value is -4.63. The second-order valence-electron chi connectivity index (χ2n) is 10.8. The Morgan fingerprint density at radius 2 is 1.04 bits per heavy atom. The Balaban J connectivity index is 1.45. The molecule has 0 saturated heterocycles. The lowest BCUT2D eigenvalue weighted by molar-refractivity contribution is 0.0937. The van der Waals surface area contributed by atoms with Crippen molar-refractivity contribution in [2.75, 3.05) is 0 Å². The van der Waals surface area contributed by atoms with E-state index in [2.05, 4.69) is 35.6 Å². The molecule has 222 valence electrons. The second kappa shape index (κ2) is 14.4. The van der Waals surface area contributed by atoms with Crippen molar-refractivity contribution in [3.63, 3.8) is 0 Å². The molecule has 0 heterocycles. The van der Waals surface area contributed by atoms with Gasteiger partial charge in [-0.15, -0.1) is 0 Å². The smallest absolute Gasteiger partial charge is 0.252 e. The maximum absolute atomic E-state index is 14.6. The highest BCUT2D eigenvalue weighted by atomic mass is 32.2. The maximum atomic E-state index is 14.6. The molecular weight excluding hydrogens is 589 g/mol. The molecule has 0 spiro atoms. The van der Waals surface area contributed by atoms with Crippen LogP contribution < -0.4 is 21.2 Å². The van der Waals surface area contributed by atoms with Gasteiger partial charge in [0.2, 0.25) is 0 Å². The molecule has 0 saturated carbocycles. The summed E-state index contributed by atoms with van der Waals surface area (Å²) in [5.41, 5.74) is 3.51. The molecule has 0 radical (unpaired) electrons. The van der Waals surface area contributed by atoms with E-state index >= 15 is 0 Å². The molecule has 0 aliphatic heterocycles. The molecular formula is C40H34NO2PS. The van der Waals surface area contributed by atoms with Gasteiger partial charge in [-0.3, -0.25) is 9.00 Å². The normalized spacial score (nSPS) is 13.1. The topological polar surface area (TPSA) is 46.2 Å². The lowest BCUT2D eigenvalue weighted by atomic mass is 9.97. The van der Waals surface area contributed by atoms with Gasteiger partial charge in [-0.2, -0.15) is 0 Å². The summed E-state index contributed by atoms with van der Waals surface area (Å²) in [6.45, 7) is 2.02. The first-order valence-electron chi connectivity index (χ1n) is 15.0. The highest BCUT2D eigenvalue weighted by Crippen LogP contribution is 2.38. The molecule has 45 heavy (non-hydrogen) atoms. The number of aryl methyl sites for hydroxylation is 1. The fourth-order valence-corrected chi connectivity index (χ4v) is 9.58. The van der Waals surface area contributed by atoms with Crippen LogP contribution in [0.2, 0.25) is 0 Å². The number of nitrogens with one attached hydrogen (secondary N) is 1. The molecule has 3 atom stereocenters. The molecule has 0 fully saturated rings. The number of amides is 1. The van der Waals surface area contributed by atoms with Crippen molar-refractivity contribution >= 4 is 40.5 Å². The average Bonchev–Trinajstić information content (AvgIpc) is 3.10. The molecule has 1 N–H and O–H groups in total. The van der Waals surface area contributed by atoms with Gasteiger partial charge in [-0.05, 0) is 60.1 Å². The summed E-state index contributed by atoms with van der Waals surface area (Å²) in [4.78, 5) is 15.3. The standard InChI is InChI=1S/C40H34NO2PS/c1-30-26-28-35(29-27-30)45(43)39(32-18-8-3-9-19-32)38(31-16-6-2-7-17-31)41-40(42)36-24-14-15-25-37(36)44(33-20-10-4-11-21-33)34-22-12-5-13-23-34/h2-29,38-39H,1H3,(H,41,42)/t38-,39+,45+/m0/s1. The summed E-state index contributed by atoms with van der Waals surface area (Å²) in [5.74, 6) is -0.194. The average molecular weight is 624 g/mol. The highest BCUT2D eigenvalue weighted by Gasteiger charge is 2.33. The number of rotatable bonds is 10. The van der Waals surface area contributed by atoms with E-state index in [4.69, 9.17) is 0 Å². The lowest BCUT2D eigenvalue weighted by Gasteiger charge is -2.29. The first kappa shape index (κ1) is 30.4. The van der Waals surface area contributed by atoms with Gasteiger partial charge in [-0.25, -0.2) is 0 Å². The molecule has 6 rings (SSSR count). The predicted octanol–water partition coefficient (Wildman–Crippen LogP) is 7.77. The quantitative estimate of drug-likeness (QED) is 0.159. The summed E-state index contributed by atoms with van der Waals surface area (Å²) in [6.07, 6.45) is 0. The van der Waals surface area contributed by atoms with Gasteiger partial charge in [0.25, 0.3) is 5.91 Å². The van der Waals surface area contributed by atoms with Gasteiger partial charge in [0.1, 0.15) is 0 Å². The Morgan fingerprint density at radius 1 is 0.578 bits per heavy atom. The van der Waals surface area contributed by atoms with Gasteiger partial charge >= 0.3 is 0 Å². The van der Waals surface area contributed by atoms with Crippen LogP contribution in [0.1, 0.15) is 38.3 Å². The van der Waals surface area contributed by atoms with Crippen LogP contribution in [0.25, 0.3) is 0 Å². The molecule has 0 aromatic heterocycles. The minimum atomic E-state index is -1.47. The van der Waals surface area contributed by atoms with Crippen molar-refractivity contribution in [1.82, 2.24) is 5.32 Å². The summed E-state index contributed by atoms with van der Waals surface area (Å²) in [7, 11) is -2.48. The number of benzene rings is 6. The molecule has 3 nitrogen and oxygen atoms in total. The van der Waals surface area contributed by atoms with Crippen molar-refractivity contribution in [1.29, 1.82) is 0 Å². The monoisotopic (exact) mass is 623 g/mol. The van der Waals surface area contributed by atoms with Gasteiger partial charge in [-0.1, -0.05) is 157 Å². The minimum Gasteiger partial charge on any atom is -0.344 e. The van der Waals surface area contributed by atoms with E-state index < -0.39 is 30.0 Å². The largest absolute Gasteiger partial charge is 0.344 e. The van der Waals surface area contributed by atoms with Crippen LogP contribution >= 0.6 is 7.92 Å². The van der Waals surface area contributed by atoms with E-state index in [1.54, 1.807) is 0 Å². The summed E-state index contributed by atoms with van der Waals surface area (Å²) in [6, 6.07) is 55.7. The molecule has 0 unspecified atom stereocenters. The fraction of sp³-hybridized carbons (Fsp3) is 0.0750. The summed E-state index contributed by atoms with van der Waals surface area (Å²) >= 11 is 0. The number of carbonyl (C=O) groups excluding carboxylic acids is 1. The second-order valence-corrected chi connectivity index (χ2v) is 14.6. The van der Waals surface area contributed by atoms with Crippen molar-refractivity contribution in [2.24, 2.45) is 0 Å². The molecule has 1 amide bonds. The Bertz CT molecular complexity index is 1830. The first-order chi connectivity index (χ1) is 22.1. The van der Waals surface area contributed by atoms with Crippen LogP contribution in [0, 0.1) is 6.92 Å². The Labute approximate surface area is 269 Å². The minimum absolute atomic E-state index is 0.194. The first-order valence-corrected chi connectivity index (χ1v) is 17.5. The Morgan fingerprint density at radius 3 is 1.60 bits per heavy atom. The van der Waals surface area contributed by atoms with Crippen molar-refractivity contribution in [3.05, 3.63) is 192 Å². The van der Waals surface area contributed by atoms with E-state index in [-0.39, 0.29) is 5.91 Å². The zero-order valence-electron chi connectivity index (χ0n) is 25.0. The zero-order chi connectivity index (χ0) is 31.0. The van der Waals surface area contributed by atoms with Crippen molar-refractivity contribution in [2.45, 2.75) is 23.1 Å². The number of hydrogen-bond acceptors (Lipinski definition) is 2. The van der Waals surface area contributed by atoms with E-state index in [0.29, 0.717) is 5.56 Å². The SMILES string of the molecule is Cc1ccc([S@@](=O)[C@H](c2ccccc2)[C@@H](NC(=O)c2ccccc2P(c2ccccc2)c2ccccc2)c2ccccc2)cc1. The third-order valence-corrected chi connectivity index (χ3v) is 12.0. The van der Waals surface area contributed by atoms with Crippen molar-refractivity contribution < 1.29 is 9.00 Å². The fourth-order valence-electron chi connectivity index (χ4n) is 5.56. The molecule has 5 heteroatoms. The van der Waals surface area contributed by atoms with Gasteiger partial charge < -0.3 is 5.32 Å². The van der Waals surface area contributed by atoms with Crippen LogP contribution in [-0.4, -0.2) is 10.1 Å². The van der Waals surface area contributed by atoms with Crippen molar-refractivity contribution in [3.8, 4) is 0 Å². The van der Waals surface area contributed by atoms with E-state index in [0.717, 1.165) is 26.9 Å². The van der Waals surface area contributed by atoms with E-state index in [1.165, 1.54) is 10.6 Å².